The molecule has 1 N–H and O–H groups in total. The molecule has 1 atom stereocenters. The molecule has 0 amide bonds. The fourth-order valence-electron chi connectivity index (χ4n) is 2.57. The SMILES string of the molecule is CCOC(C)CNCc1cccc2c1OC(C)(C)C2. The molecule has 0 saturated heterocycles. The van der Waals surface area contributed by atoms with E-state index < -0.39 is 0 Å². The fourth-order valence-corrected chi connectivity index (χ4v) is 2.57. The first-order chi connectivity index (χ1) is 9.02. The zero-order valence-corrected chi connectivity index (χ0v) is 12.5. The van der Waals surface area contributed by atoms with E-state index >= 15 is 0 Å². The van der Waals surface area contributed by atoms with Crippen molar-refractivity contribution in [1.29, 1.82) is 0 Å². The van der Waals surface area contributed by atoms with Crippen LogP contribution in [-0.4, -0.2) is 24.9 Å². The van der Waals surface area contributed by atoms with Gasteiger partial charge in [0.15, 0.2) is 0 Å². The van der Waals surface area contributed by atoms with E-state index in [1.165, 1.54) is 11.1 Å². The van der Waals surface area contributed by atoms with Gasteiger partial charge in [0.25, 0.3) is 0 Å². The summed E-state index contributed by atoms with van der Waals surface area (Å²) in [4.78, 5) is 0. The predicted molar refractivity (Wildman–Crippen MR) is 77.6 cm³/mol. The predicted octanol–water partition coefficient (Wildman–Crippen LogP) is 2.91. The van der Waals surface area contributed by atoms with E-state index in [0.717, 1.165) is 31.9 Å². The summed E-state index contributed by atoms with van der Waals surface area (Å²) >= 11 is 0. The Hall–Kier alpha value is -1.06. The lowest BCUT2D eigenvalue weighted by Crippen LogP contribution is -2.27. The van der Waals surface area contributed by atoms with Crippen molar-refractivity contribution < 1.29 is 9.47 Å². The molecular formula is C16H25NO2. The van der Waals surface area contributed by atoms with Crippen molar-refractivity contribution in [2.75, 3.05) is 13.2 Å². The topological polar surface area (TPSA) is 30.5 Å². The molecule has 19 heavy (non-hydrogen) atoms. The van der Waals surface area contributed by atoms with Crippen LogP contribution in [0.2, 0.25) is 0 Å². The van der Waals surface area contributed by atoms with Gasteiger partial charge in [-0.05, 0) is 33.3 Å². The van der Waals surface area contributed by atoms with Gasteiger partial charge in [-0.3, -0.25) is 0 Å². The molecule has 0 saturated carbocycles. The summed E-state index contributed by atoms with van der Waals surface area (Å²) in [6, 6.07) is 6.42. The summed E-state index contributed by atoms with van der Waals surface area (Å²) in [7, 11) is 0. The summed E-state index contributed by atoms with van der Waals surface area (Å²) in [6.07, 6.45) is 1.24. The molecule has 1 aromatic rings. The lowest BCUT2D eigenvalue weighted by atomic mass is 10.0. The number of rotatable bonds is 6. The Morgan fingerprint density at radius 2 is 2.21 bits per heavy atom. The summed E-state index contributed by atoms with van der Waals surface area (Å²) < 4.78 is 11.6. The van der Waals surface area contributed by atoms with Crippen LogP contribution in [-0.2, 0) is 17.7 Å². The molecule has 1 aliphatic rings. The molecule has 1 aromatic carbocycles. The molecule has 0 radical (unpaired) electrons. The Balaban J connectivity index is 1.94. The average molecular weight is 263 g/mol. The van der Waals surface area contributed by atoms with E-state index in [2.05, 4.69) is 44.3 Å². The highest BCUT2D eigenvalue weighted by Crippen LogP contribution is 2.37. The minimum atomic E-state index is -0.0724. The number of hydrogen-bond acceptors (Lipinski definition) is 3. The van der Waals surface area contributed by atoms with Crippen molar-refractivity contribution in [3.63, 3.8) is 0 Å². The first-order valence-corrected chi connectivity index (χ1v) is 7.14. The Bertz CT molecular complexity index is 429. The molecule has 2 rings (SSSR count). The maximum absolute atomic E-state index is 6.06. The number of benzene rings is 1. The minimum Gasteiger partial charge on any atom is -0.487 e. The third-order valence-electron chi connectivity index (χ3n) is 3.37. The van der Waals surface area contributed by atoms with Gasteiger partial charge in [-0.1, -0.05) is 18.2 Å². The highest BCUT2D eigenvalue weighted by Gasteiger charge is 2.31. The fraction of sp³-hybridized carbons (Fsp3) is 0.625. The molecule has 0 aliphatic carbocycles. The van der Waals surface area contributed by atoms with Gasteiger partial charge >= 0.3 is 0 Å². The van der Waals surface area contributed by atoms with E-state index in [4.69, 9.17) is 9.47 Å². The zero-order valence-electron chi connectivity index (χ0n) is 12.5. The van der Waals surface area contributed by atoms with E-state index in [9.17, 15) is 0 Å². The number of para-hydroxylation sites is 1. The van der Waals surface area contributed by atoms with Gasteiger partial charge in [-0.15, -0.1) is 0 Å². The summed E-state index contributed by atoms with van der Waals surface area (Å²) in [6.45, 7) is 10.9. The van der Waals surface area contributed by atoms with Crippen LogP contribution >= 0.6 is 0 Å². The lowest BCUT2D eigenvalue weighted by Gasteiger charge is -2.18. The van der Waals surface area contributed by atoms with Crippen LogP contribution in [0.5, 0.6) is 5.75 Å². The van der Waals surface area contributed by atoms with Gasteiger partial charge in [0.2, 0.25) is 0 Å². The maximum Gasteiger partial charge on any atom is 0.127 e. The minimum absolute atomic E-state index is 0.0724. The van der Waals surface area contributed by atoms with Crippen molar-refractivity contribution >= 4 is 0 Å². The first kappa shape index (κ1) is 14.4. The van der Waals surface area contributed by atoms with Crippen LogP contribution in [0.1, 0.15) is 38.8 Å². The smallest absolute Gasteiger partial charge is 0.127 e. The lowest BCUT2D eigenvalue weighted by molar-refractivity contribution is 0.0757. The third kappa shape index (κ3) is 3.71. The van der Waals surface area contributed by atoms with Crippen LogP contribution in [0.4, 0.5) is 0 Å². The Labute approximate surface area is 116 Å². The van der Waals surface area contributed by atoms with Crippen LogP contribution < -0.4 is 10.1 Å². The second kappa shape index (κ2) is 5.93. The van der Waals surface area contributed by atoms with Gasteiger partial charge in [-0.25, -0.2) is 0 Å². The van der Waals surface area contributed by atoms with Crippen molar-refractivity contribution in [3.05, 3.63) is 29.3 Å². The average Bonchev–Trinajstić information content (AvgIpc) is 2.64. The molecule has 1 aliphatic heterocycles. The quantitative estimate of drug-likeness (QED) is 0.856. The number of fused-ring (bicyclic) bond motifs is 1. The molecule has 1 unspecified atom stereocenters. The number of ether oxygens (including phenoxy) is 2. The largest absolute Gasteiger partial charge is 0.487 e. The van der Waals surface area contributed by atoms with Crippen molar-refractivity contribution in [2.24, 2.45) is 0 Å². The van der Waals surface area contributed by atoms with E-state index in [-0.39, 0.29) is 11.7 Å². The van der Waals surface area contributed by atoms with Gasteiger partial charge in [0.05, 0.1) is 6.10 Å². The monoisotopic (exact) mass is 263 g/mol. The Morgan fingerprint density at radius 1 is 1.42 bits per heavy atom. The molecule has 106 valence electrons. The molecule has 0 fully saturated rings. The summed E-state index contributed by atoms with van der Waals surface area (Å²) in [5.74, 6) is 1.07. The Kier molecular flexibility index (Phi) is 4.48. The third-order valence-corrected chi connectivity index (χ3v) is 3.37. The molecule has 0 bridgehead atoms. The van der Waals surface area contributed by atoms with Gasteiger partial charge in [-0.2, -0.15) is 0 Å². The standard InChI is InChI=1S/C16H25NO2/c1-5-18-12(2)10-17-11-14-8-6-7-13-9-16(3,4)19-15(13)14/h6-8,12,17H,5,9-11H2,1-4H3. The highest BCUT2D eigenvalue weighted by atomic mass is 16.5. The molecule has 0 spiro atoms. The van der Waals surface area contributed by atoms with Crippen molar-refractivity contribution in [1.82, 2.24) is 5.32 Å². The van der Waals surface area contributed by atoms with E-state index in [0.29, 0.717) is 0 Å². The molecule has 3 nitrogen and oxygen atoms in total. The van der Waals surface area contributed by atoms with Crippen molar-refractivity contribution in [3.8, 4) is 5.75 Å². The Morgan fingerprint density at radius 3 is 2.95 bits per heavy atom. The van der Waals surface area contributed by atoms with Gasteiger partial charge in [0, 0.05) is 31.7 Å². The summed E-state index contributed by atoms with van der Waals surface area (Å²) in [5, 5.41) is 3.44. The number of nitrogens with one attached hydrogen (secondary N) is 1. The molecular weight excluding hydrogens is 238 g/mol. The second-order valence-electron chi connectivity index (χ2n) is 5.84. The maximum atomic E-state index is 6.06. The number of hydrogen-bond donors (Lipinski definition) is 1. The van der Waals surface area contributed by atoms with E-state index in [1.807, 2.05) is 6.92 Å². The normalized spacial score (nSPS) is 17.9. The molecule has 1 heterocycles. The van der Waals surface area contributed by atoms with Gasteiger partial charge < -0.3 is 14.8 Å². The van der Waals surface area contributed by atoms with Crippen LogP contribution in [0, 0.1) is 0 Å². The van der Waals surface area contributed by atoms with Crippen LogP contribution in [0.15, 0.2) is 18.2 Å². The zero-order chi connectivity index (χ0) is 13.9. The second-order valence-corrected chi connectivity index (χ2v) is 5.84. The molecule has 0 aromatic heterocycles. The highest BCUT2D eigenvalue weighted by molar-refractivity contribution is 5.45. The van der Waals surface area contributed by atoms with Crippen molar-refractivity contribution in [2.45, 2.75) is 52.4 Å². The van der Waals surface area contributed by atoms with Gasteiger partial charge in [0.1, 0.15) is 11.4 Å². The summed E-state index contributed by atoms with van der Waals surface area (Å²) in [5.41, 5.74) is 2.49. The van der Waals surface area contributed by atoms with Crippen LogP contribution in [0.25, 0.3) is 0 Å². The van der Waals surface area contributed by atoms with Crippen LogP contribution in [0.3, 0.4) is 0 Å². The first-order valence-electron chi connectivity index (χ1n) is 7.14. The van der Waals surface area contributed by atoms with E-state index in [1.54, 1.807) is 0 Å². The molecule has 3 heteroatoms.